The van der Waals surface area contributed by atoms with Crippen LogP contribution in [0.3, 0.4) is 0 Å². The molecule has 1 aromatic carbocycles. The maximum Gasteiger partial charge on any atom is 0.315 e. The molecule has 0 aliphatic heterocycles. The molecule has 0 radical (unpaired) electrons. The van der Waals surface area contributed by atoms with Gasteiger partial charge in [-0.1, -0.05) is 13.0 Å². The molecule has 0 aliphatic rings. The van der Waals surface area contributed by atoms with E-state index < -0.39 is 11.8 Å². The Hall–Kier alpha value is -1.75. The molecule has 96 valence electrons. The number of benzene rings is 1. The number of ketones is 1. The van der Waals surface area contributed by atoms with Crippen molar-refractivity contribution in [2.45, 2.75) is 19.4 Å². The van der Waals surface area contributed by atoms with E-state index >= 15 is 0 Å². The van der Waals surface area contributed by atoms with Gasteiger partial charge in [0, 0.05) is 5.56 Å². The van der Waals surface area contributed by atoms with Gasteiger partial charge in [0.2, 0.25) is 5.82 Å². The summed E-state index contributed by atoms with van der Waals surface area (Å²) in [4.78, 5) is 12.1. The molecule has 0 saturated carbocycles. The van der Waals surface area contributed by atoms with Crippen molar-refractivity contribution in [3.05, 3.63) is 35.6 Å². The number of Topliss-reactive ketones (excluding diaryl/α,β-unsaturated/α-hetero) is 1. The fourth-order valence-electron chi connectivity index (χ4n) is 1.91. The molecule has 0 bridgehead atoms. The molecule has 1 N–H and O–H groups in total. The summed E-state index contributed by atoms with van der Waals surface area (Å²) >= 11 is 0. The summed E-state index contributed by atoms with van der Waals surface area (Å²) < 4.78 is 30.8. The van der Waals surface area contributed by atoms with E-state index in [2.05, 4.69) is 9.73 Å². The molecular weight excluding hydrogens is 240 g/mol. The molecule has 0 amide bonds. The minimum atomic E-state index is -1.25. The van der Waals surface area contributed by atoms with Gasteiger partial charge < -0.3 is 9.73 Å². The fourth-order valence-corrected chi connectivity index (χ4v) is 1.91. The predicted octanol–water partition coefficient (Wildman–Crippen LogP) is 2.89. The third kappa shape index (κ3) is 2.01. The first-order chi connectivity index (χ1) is 8.58. The Balaban J connectivity index is 2.44. The number of fused-ring (bicyclic) bond motifs is 1. The van der Waals surface area contributed by atoms with Gasteiger partial charge in [-0.2, -0.15) is 8.78 Å². The summed E-state index contributed by atoms with van der Waals surface area (Å²) in [5.41, 5.74) is 0.416. The van der Waals surface area contributed by atoms with Gasteiger partial charge in [0.15, 0.2) is 5.78 Å². The lowest BCUT2D eigenvalue weighted by molar-refractivity contribution is 0.0945. The highest BCUT2D eigenvalue weighted by atomic mass is 19.2. The molecule has 0 spiro atoms. The minimum Gasteiger partial charge on any atom is -0.429 e. The lowest BCUT2D eigenvalue weighted by Crippen LogP contribution is -2.33. The first kappa shape index (κ1) is 12.7. The highest BCUT2D eigenvalue weighted by molar-refractivity contribution is 6.02. The molecule has 18 heavy (non-hydrogen) atoms. The number of carbonyl (C=O) groups is 1. The van der Waals surface area contributed by atoms with E-state index in [0.29, 0.717) is 12.0 Å². The zero-order chi connectivity index (χ0) is 13.3. The van der Waals surface area contributed by atoms with Crippen molar-refractivity contribution >= 4 is 16.8 Å². The van der Waals surface area contributed by atoms with Crippen LogP contribution in [0.15, 0.2) is 22.6 Å². The molecule has 1 unspecified atom stereocenters. The van der Waals surface area contributed by atoms with Gasteiger partial charge in [0.1, 0.15) is 5.58 Å². The predicted molar refractivity (Wildman–Crippen MR) is 63.6 cm³/mol. The zero-order valence-corrected chi connectivity index (χ0v) is 10.1. The number of halogens is 2. The smallest absolute Gasteiger partial charge is 0.315 e. The molecule has 0 aliphatic carbocycles. The van der Waals surface area contributed by atoms with Crippen molar-refractivity contribution in [2.75, 3.05) is 7.05 Å². The van der Waals surface area contributed by atoms with Gasteiger partial charge in [-0.3, -0.25) is 4.79 Å². The Morgan fingerprint density at radius 1 is 1.44 bits per heavy atom. The van der Waals surface area contributed by atoms with Crippen LogP contribution < -0.4 is 5.32 Å². The normalized spacial score (nSPS) is 12.9. The Labute approximate surface area is 103 Å². The van der Waals surface area contributed by atoms with Gasteiger partial charge in [0.25, 0.3) is 0 Å². The van der Waals surface area contributed by atoms with Crippen LogP contribution in [-0.4, -0.2) is 18.9 Å². The van der Waals surface area contributed by atoms with Crippen molar-refractivity contribution < 1.29 is 18.0 Å². The van der Waals surface area contributed by atoms with Crippen LogP contribution in [0.5, 0.6) is 0 Å². The number of nitrogens with one attached hydrogen (secondary N) is 1. The first-order valence-electron chi connectivity index (χ1n) is 5.67. The standard InChI is InChI=1S/C13H13F2NO2/c1-3-9(16-2)12(17)7-4-5-8-10(6-7)18-13(15)11(8)14/h4-6,9,16H,3H2,1-2H3. The van der Waals surface area contributed by atoms with E-state index in [1.807, 2.05) is 6.92 Å². The van der Waals surface area contributed by atoms with Gasteiger partial charge in [-0.05, 0) is 25.6 Å². The summed E-state index contributed by atoms with van der Waals surface area (Å²) in [6, 6.07) is 2.63. The van der Waals surface area contributed by atoms with Crippen molar-refractivity contribution in [1.82, 2.24) is 5.32 Å². The fraction of sp³-hybridized carbons (Fsp3) is 0.308. The van der Waals surface area contributed by atoms with Crippen molar-refractivity contribution in [3.8, 4) is 0 Å². The van der Waals surface area contributed by atoms with Crippen molar-refractivity contribution in [3.63, 3.8) is 0 Å². The monoisotopic (exact) mass is 253 g/mol. The van der Waals surface area contributed by atoms with Crippen LogP contribution in [0.2, 0.25) is 0 Å². The molecule has 1 atom stereocenters. The quantitative estimate of drug-likeness (QED) is 0.852. The number of furan rings is 1. The second-order valence-electron chi connectivity index (χ2n) is 4.01. The molecule has 0 fully saturated rings. The van der Waals surface area contributed by atoms with Crippen LogP contribution in [-0.2, 0) is 0 Å². The highest BCUT2D eigenvalue weighted by Crippen LogP contribution is 2.24. The number of hydrogen-bond donors (Lipinski definition) is 1. The average molecular weight is 253 g/mol. The lowest BCUT2D eigenvalue weighted by atomic mass is 10.0. The van der Waals surface area contributed by atoms with Crippen LogP contribution in [0.4, 0.5) is 8.78 Å². The van der Waals surface area contributed by atoms with E-state index in [0.717, 1.165) is 0 Å². The molecule has 1 aromatic heterocycles. The van der Waals surface area contributed by atoms with Gasteiger partial charge >= 0.3 is 6.01 Å². The third-order valence-corrected chi connectivity index (χ3v) is 2.95. The maximum absolute atomic E-state index is 13.2. The number of carbonyl (C=O) groups excluding carboxylic acids is 1. The Kier molecular flexibility index (Phi) is 3.43. The average Bonchev–Trinajstić information content (AvgIpc) is 2.66. The molecular formula is C13H13F2NO2. The summed E-state index contributed by atoms with van der Waals surface area (Å²) in [5, 5.41) is 2.93. The highest BCUT2D eigenvalue weighted by Gasteiger charge is 2.19. The zero-order valence-electron chi connectivity index (χ0n) is 10.1. The van der Waals surface area contributed by atoms with Crippen LogP contribution >= 0.6 is 0 Å². The lowest BCUT2D eigenvalue weighted by Gasteiger charge is -2.12. The van der Waals surface area contributed by atoms with E-state index in [1.54, 1.807) is 7.05 Å². The molecule has 3 nitrogen and oxygen atoms in total. The van der Waals surface area contributed by atoms with Gasteiger partial charge in [-0.15, -0.1) is 0 Å². The first-order valence-corrected chi connectivity index (χ1v) is 5.67. The number of rotatable bonds is 4. The number of likely N-dealkylation sites (N-methyl/N-ethyl adjacent to an activating group) is 1. The molecule has 2 aromatic rings. The number of hydrogen-bond acceptors (Lipinski definition) is 3. The maximum atomic E-state index is 13.2. The second kappa shape index (κ2) is 4.86. The largest absolute Gasteiger partial charge is 0.429 e. The second-order valence-corrected chi connectivity index (χ2v) is 4.01. The van der Waals surface area contributed by atoms with Gasteiger partial charge in [0.05, 0.1) is 11.4 Å². The minimum absolute atomic E-state index is 0.0431. The van der Waals surface area contributed by atoms with Crippen LogP contribution in [0.25, 0.3) is 11.0 Å². The van der Waals surface area contributed by atoms with Crippen LogP contribution in [0.1, 0.15) is 23.7 Å². The van der Waals surface area contributed by atoms with E-state index in [-0.39, 0.29) is 22.8 Å². The Bertz CT molecular complexity index is 588. The van der Waals surface area contributed by atoms with E-state index in [4.69, 9.17) is 0 Å². The van der Waals surface area contributed by atoms with Crippen molar-refractivity contribution in [2.24, 2.45) is 0 Å². The Morgan fingerprint density at radius 3 is 2.78 bits per heavy atom. The summed E-state index contributed by atoms with van der Waals surface area (Å²) in [6.45, 7) is 1.88. The summed E-state index contributed by atoms with van der Waals surface area (Å²) in [7, 11) is 1.69. The summed E-state index contributed by atoms with van der Waals surface area (Å²) in [5.74, 6) is -1.15. The molecule has 0 saturated heterocycles. The van der Waals surface area contributed by atoms with Crippen molar-refractivity contribution in [1.29, 1.82) is 0 Å². The summed E-state index contributed by atoms with van der Waals surface area (Å²) in [6.07, 6.45) is 0.633. The van der Waals surface area contributed by atoms with E-state index in [9.17, 15) is 13.6 Å². The van der Waals surface area contributed by atoms with Gasteiger partial charge in [-0.25, -0.2) is 0 Å². The van der Waals surface area contributed by atoms with Crippen LogP contribution in [0, 0.1) is 11.8 Å². The molecule has 5 heteroatoms. The SMILES string of the molecule is CCC(NC)C(=O)c1ccc2c(F)c(F)oc2c1. The molecule has 2 rings (SSSR count). The molecule has 1 heterocycles. The Morgan fingerprint density at radius 2 is 2.17 bits per heavy atom. The topological polar surface area (TPSA) is 42.2 Å². The third-order valence-electron chi connectivity index (χ3n) is 2.95. The van der Waals surface area contributed by atoms with E-state index in [1.165, 1.54) is 18.2 Å².